The van der Waals surface area contributed by atoms with Crippen molar-refractivity contribution in [1.82, 2.24) is 5.32 Å². The first kappa shape index (κ1) is 13.0. The Morgan fingerprint density at radius 2 is 1.88 bits per heavy atom. The summed E-state index contributed by atoms with van der Waals surface area (Å²) in [5, 5.41) is 3.27. The molecule has 2 nitrogen and oxygen atoms in total. The molecule has 0 saturated carbocycles. The van der Waals surface area contributed by atoms with Gasteiger partial charge in [-0.15, -0.1) is 0 Å². The molecule has 88 valence electrons. The number of hydrogen-bond acceptors (Lipinski definition) is 2. The van der Waals surface area contributed by atoms with E-state index in [1.54, 1.807) is 0 Å². The number of benzene rings is 1. The highest BCUT2D eigenvalue weighted by Gasteiger charge is 2.00. The molecule has 0 aliphatic rings. The van der Waals surface area contributed by atoms with Gasteiger partial charge in [0.1, 0.15) is 4.99 Å². The van der Waals surface area contributed by atoms with E-state index in [0.29, 0.717) is 0 Å². The maximum Gasteiger partial charge on any atom is 0.106 e. The molecule has 16 heavy (non-hydrogen) atoms. The summed E-state index contributed by atoms with van der Waals surface area (Å²) in [6.45, 7) is 3.14. The Morgan fingerprint density at radius 3 is 2.38 bits per heavy atom. The Labute approximate surface area is 104 Å². The molecule has 0 heterocycles. The summed E-state index contributed by atoms with van der Waals surface area (Å²) in [5.74, 6) is 0. The maximum atomic E-state index is 5.32. The van der Waals surface area contributed by atoms with Crippen molar-refractivity contribution >= 4 is 22.9 Å². The van der Waals surface area contributed by atoms with Crippen LogP contribution in [0.3, 0.4) is 0 Å². The summed E-state index contributed by atoms with van der Waals surface area (Å²) in [6, 6.07) is 8.31. The van der Waals surface area contributed by atoms with Crippen LogP contribution in [0.4, 0.5) is 5.69 Å². The molecule has 0 aromatic heterocycles. The van der Waals surface area contributed by atoms with Gasteiger partial charge in [-0.05, 0) is 30.7 Å². The number of thiocarbonyl (C=S) groups is 1. The van der Waals surface area contributed by atoms with Crippen molar-refractivity contribution < 1.29 is 0 Å². The topological polar surface area (TPSA) is 15.3 Å². The first-order valence-corrected chi connectivity index (χ1v) is 6.11. The second-order valence-corrected chi connectivity index (χ2v) is 4.46. The fraction of sp³-hybridized carbons (Fsp3) is 0.462. The van der Waals surface area contributed by atoms with Gasteiger partial charge in [0.15, 0.2) is 0 Å². The van der Waals surface area contributed by atoms with E-state index in [4.69, 9.17) is 12.2 Å². The molecule has 0 aliphatic carbocycles. The van der Waals surface area contributed by atoms with Crippen molar-refractivity contribution in [3.05, 3.63) is 29.8 Å². The van der Waals surface area contributed by atoms with Crippen LogP contribution in [-0.2, 0) is 0 Å². The molecule has 0 radical (unpaired) electrons. The third-order valence-corrected chi connectivity index (χ3v) is 2.84. The third kappa shape index (κ3) is 3.81. The summed E-state index contributed by atoms with van der Waals surface area (Å²) >= 11 is 5.32. The average Bonchev–Trinajstić information content (AvgIpc) is 2.29. The average molecular weight is 236 g/mol. The molecular formula is C13H20N2S. The van der Waals surface area contributed by atoms with E-state index < -0.39 is 0 Å². The van der Waals surface area contributed by atoms with Crippen molar-refractivity contribution in [3.8, 4) is 0 Å². The van der Waals surface area contributed by atoms with Gasteiger partial charge in [0.2, 0.25) is 0 Å². The molecule has 0 spiro atoms. The Hall–Kier alpha value is -1.09. The first-order chi connectivity index (χ1) is 7.65. The second-order valence-electron chi connectivity index (χ2n) is 4.05. The molecule has 0 saturated heterocycles. The van der Waals surface area contributed by atoms with Crippen molar-refractivity contribution in [2.75, 3.05) is 25.5 Å². The quantitative estimate of drug-likeness (QED) is 0.625. The second kappa shape index (κ2) is 6.48. The Kier molecular flexibility index (Phi) is 5.26. The minimum absolute atomic E-state index is 0.846. The highest BCUT2D eigenvalue weighted by Crippen LogP contribution is 2.12. The predicted octanol–water partition coefficient (Wildman–Crippen LogP) is 2.82. The van der Waals surface area contributed by atoms with Crippen molar-refractivity contribution in [1.29, 1.82) is 0 Å². The van der Waals surface area contributed by atoms with Gasteiger partial charge in [-0.1, -0.05) is 25.6 Å². The van der Waals surface area contributed by atoms with Gasteiger partial charge < -0.3 is 10.2 Å². The number of hydrogen-bond donors (Lipinski definition) is 1. The van der Waals surface area contributed by atoms with E-state index in [1.807, 2.05) is 14.1 Å². The molecule has 0 unspecified atom stereocenters. The largest absolute Gasteiger partial charge is 0.378 e. The van der Waals surface area contributed by atoms with Gasteiger partial charge in [0, 0.05) is 31.9 Å². The minimum Gasteiger partial charge on any atom is -0.378 e. The van der Waals surface area contributed by atoms with E-state index in [1.165, 1.54) is 12.1 Å². The summed E-state index contributed by atoms with van der Waals surface area (Å²) in [5.41, 5.74) is 2.29. The molecule has 0 fully saturated rings. The molecule has 0 atom stereocenters. The van der Waals surface area contributed by atoms with E-state index in [2.05, 4.69) is 41.4 Å². The fourth-order valence-electron chi connectivity index (χ4n) is 1.39. The smallest absolute Gasteiger partial charge is 0.106 e. The molecule has 0 amide bonds. The molecule has 1 aromatic rings. The van der Waals surface area contributed by atoms with Crippen LogP contribution in [0.25, 0.3) is 0 Å². The van der Waals surface area contributed by atoms with Gasteiger partial charge in [0.25, 0.3) is 0 Å². The molecular weight excluding hydrogens is 216 g/mol. The van der Waals surface area contributed by atoms with Gasteiger partial charge in [0.05, 0.1) is 0 Å². The lowest BCUT2D eigenvalue weighted by Gasteiger charge is -2.13. The molecule has 0 bridgehead atoms. The van der Waals surface area contributed by atoms with Crippen LogP contribution < -0.4 is 10.2 Å². The lowest BCUT2D eigenvalue weighted by molar-refractivity contribution is 0.759. The Bertz CT molecular complexity index is 330. The molecule has 3 heteroatoms. The zero-order chi connectivity index (χ0) is 12.0. The zero-order valence-corrected chi connectivity index (χ0v) is 11.1. The predicted molar refractivity (Wildman–Crippen MR) is 75.4 cm³/mol. The van der Waals surface area contributed by atoms with E-state index >= 15 is 0 Å². The maximum absolute atomic E-state index is 5.32. The van der Waals surface area contributed by atoms with Gasteiger partial charge in [-0.3, -0.25) is 0 Å². The lowest BCUT2D eigenvalue weighted by atomic mass is 10.2. The zero-order valence-electron chi connectivity index (χ0n) is 10.3. The van der Waals surface area contributed by atoms with Crippen LogP contribution in [0, 0.1) is 0 Å². The standard InChI is InChI=1S/C13H20N2S/c1-4-5-10-14-13(16)11-6-8-12(9-7-11)15(2)3/h6-9H,4-5,10H2,1-3H3,(H,14,16). The normalized spacial score (nSPS) is 9.94. The van der Waals surface area contributed by atoms with Crippen molar-refractivity contribution in [3.63, 3.8) is 0 Å². The highest BCUT2D eigenvalue weighted by atomic mass is 32.1. The summed E-state index contributed by atoms with van der Waals surface area (Å²) in [4.78, 5) is 2.93. The molecule has 1 aromatic carbocycles. The van der Waals surface area contributed by atoms with Gasteiger partial charge in [-0.25, -0.2) is 0 Å². The van der Waals surface area contributed by atoms with Crippen LogP contribution in [-0.4, -0.2) is 25.6 Å². The van der Waals surface area contributed by atoms with E-state index in [0.717, 1.165) is 23.5 Å². The number of rotatable bonds is 5. The van der Waals surface area contributed by atoms with Crippen LogP contribution in [0.2, 0.25) is 0 Å². The Balaban J connectivity index is 2.56. The van der Waals surface area contributed by atoms with Crippen LogP contribution in [0.5, 0.6) is 0 Å². The number of nitrogens with zero attached hydrogens (tertiary/aromatic N) is 1. The van der Waals surface area contributed by atoms with E-state index in [-0.39, 0.29) is 0 Å². The molecule has 1 rings (SSSR count). The minimum atomic E-state index is 0.846. The summed E-state index contributed by atoms with van der Waals surface area (Å²) in [6.07, 6.45) is 2.35. The van der Waals surface area contributed by atoms with Crippen LogP contribution in [0.15, 0.2) is 24.3 Å². The van der Waals surface area contributed by atoms with Gasteiger partial charge in [-0.2, -0.15) is 0 Å². The van der Waals surface area contributed by atoms with Crippen molar-refractivity contribution in [2.24, 2.45) is 0 Å². The van der Waals surface area contributed by atoms with Crippen LogP contribution >= 0.6 is 12.2 Å². The van der Waals surface area contributed by atoms with E-state index in [9.17, 15) is 0 Å². The lowest BCUT2D eigenvalue weighted by Crippen LogP contribution is -2.23. The third-order valence-electron chi connectivity index (χ3n) is 2.46. The van der Waals surface area contributed by atoms with Crippen molar-refractivity contribution in [2.45, 2.75) is 19.8 Å². The summed E-state index contributed by atoms with van der Waals surface area (Å²) in [7, 11) is 4.07. The Morgan fingerprint density at radius 1 is 1.25 bits per heavy atom. The number of nitrogens with one attached hydrogen (secondary N) is 1. The molecule has 0 aliphatic heterocycles. The first-order valence-electron chi connectivity index (χ1n) is 5.70. The monoisotopic (exact) mass is 236 g/mol. The summed E-state index contributed by atoms with van der Waals surface area (Å²) < 4.78 is 0. The fourth-order valence-corrected chi connectivity index (χ4v) is 1.63. The SMILES string of the molecule is CCCCNC(=S)c1ccc(N(C)C)cc1. The molecule has 1 N–H and O–H groups in total. The number of anilines is 1. The highest BCUT2D eigenvalue weighted by molar-refractivity contribution is 7.80. The number of unbranched alkanes of at least 4 members (excludes halogenated alkanes) is 1. The van der Waals surface area contributed by atoms with Gasteiger partial charge >= 0.3 is 0 Å². The van der Waals surface area contributed by atoms with Crippen LogP contribution in [0.1, 0.15) is 25.3 Å².